The third kappa shape index (κ3) is 4.92. The molecule has 7 nitrogen and oxygen atoms in total. The van der Waals surface area contributed by atoms with Crippen LogP contribution in [0, 0.1) is 6.92 Å². The number of nitrogens with zero attached hydrogens (tertiary/aromatic N) is 2. The highest BCUT2D eigenvalue weighted by Crippen LogP contribution is 2.18. The number of imidazole rings is 1. The lowest BCUT2D eigenvalue weighted by molar-refractivity contribution is 0.102. The van der Waals surface area contributed by atoms with Gasteiger partial charge in [0.05, 0.1) is 10.6 Å². The smallest absolute Gasteiger partial charge is 0.255 e. The summed E-state index contributed by atoms with van der Waals surface area (Å²) >= 11 is 0. The molecule has 1 N–H and O–H groups in total. The first-order chi connectivity index (χ1) is 14.8. The van der Waals surface area contributed by atoms with E-state index in [0.29, 0.717) is 23.6 Å². The van der Waals surface area contributed by atoms with Gasteiger partial charge in [-0.1, -0.05) is 12.1 Å². The number of nitrogens with one attached hydrogen (secondary N) is 1. The van der Waals surface area contributed by atoms with E-state index in [9.17, 15) is 13.2 Å². The molecular weight excluding hydrogens is 414 g/mol. The van der Waals surface area contributed by atoms with E-state index in [1.807, 2.05) is 35.9 Å². The number of hydrogen-bond donors (Lipinski definition) is 1. The topological polar surface area (TPSA) is 89.8 Å². The van der Waals surface area contributed by atoms with Crippen LogP contribution in [0.1, 0.15) is 21.6 Å². The van der Waals surface area contributed by atoms with Crippen molar-refractivity contribution in [1.29, 1.82) is 0 Å². The molecule has 158 valence electrons. The van der Waals surface area contributed by atoms with Gasteiger partial charge in [0.15, 0.2) is 9.84 Å². The van der Waals surface area contributed by atoms with Crippen molar-refractivity contribution in [2.75, 3.05) is 11.6 Å². The fraction of sp³-hybridized carbons (Fsp3) is 0.130. The molecule has 0 spiro atoms. The van der Waals surface area contributed by atoms with Gasteiger partial charge in [0.1, 0.15) is 18.0 Å². The molecule has 0 fully saturated rings. The van der Waals surface area contributed by atoms with Crippen molar-refractivity contribution in [3.63, 3.8) is 0 Å². The number of sulfone groups is 1. The monoisotopic (exact) mass is 435 g/mol. The molecule has 2 aromatic carbocycles. The largest absolute Gasteiger partial charge is 0.487 e. The highest BCUT2D eigenvalue weighted by atomic mass is 32.2. The van der Waals surface area contributed by atoms with Crippen LogP contribution in [0.4, 0.5) is 5.69 Å². The van der Waals surface area contributed by atoms with Crippen LogP contribution < -0.4 is 10.1 Å². The van der Waals surface area contributed by atoms with Gasteiger partial charge in [-0.05, 0) is 61.0 Å². The zero-order valence-electron chi connectivity index (χ0n) is 17.1. The predicted molar refractivity (Wildman–Crippen MR) is 118 cm³/mol. The van der Waals surface area contributed by atoms with Crippen LogP contribution in [0.2, 0.25) is 0 Å². The van der Waals surface area contributed by atoms with Crippen LogP contribution in [0.25, 0.3) is 5.65 Å². The first-order valence-electron chi connectivity index (χ1n) is 9.56. The third-order valence-corrected chi connectivity index (χ3v) is 5.78. The number of fused-ring (bicyclic) bond motifs is 1. The maximum Gasteiger partial charge on any atom is 0.255 e. The standard InChI is InChI=1S/C23H21N3O4S/c1-16-6-11-22-24-19(14-26(22)13-16)15-30-20-9-7-17(8-10-20)23(27)25-18-4-3-5-21(12-18)31(2,28)29/h3-14H,15H2,1-2H3,(H,25,27). The summed E-state index contributed by atoms with van der Waals surface area (Å²) in [6, 6.07) is 16.8. The number of aryl methyl sites for hydroxylation is 1. The van der Waals surface area contributed by atoms with E-state index in [2.05, 4.69) is 10.3 Å². The average molecular weight is 436 g/mol. The van der Waals surface area contributed by atoms with Gasteiger partial charge in [0.2, 0.25) is 0 Å². The second kappa shape index (κ2) is 8.23. The minimum atomic E-state index is -3.35. The van der Waals surface area contributed by atoms with Crippen molar-refractivity contribution in [1.82, 2.24) is 9.38 Å². The summed E-state index contributed by atoms with van der Waals surface area (Å²) in [6.45, 7) is 2.33. The molecule has 2 aromatic heterocycles. The highest BCUT2D eigenvalue weighted by molar-refractivity contribution is 7.90. The number of rotatable bonds is 6. The Hall–Kier alpha value is -3.65. The Labute approximate surface area is 180 Å². The molecule has 1 amide bonds. The van der Waals surface area contributed by atoms with Crippen molar-refractivity contribution in [2.45, 2.75) is 18.4 Å². The van der Waals surface area contributed by atoms with Gasteiger partial charge < -0.3 is 14.5 Å². The van der Waals surface area contributed by atoms with Crippen LogP contribution in [-0.4, -0.2) is 30.0 Å². The molecule has 0 aliphatic rings. The molecular formula is C23H21N3O4S. The maximum absolute atomic E-state index is 12.5. The SMILES string of the molecule is Cc1ccc2nc(COc3ccc(C(=O)Nc4cccc(S(C)(=O)=O)c4)cc3)cn2c1. The summed E-state index contributed by atoms with van der Waals surface area (Å²) in [5, 5.41) is 2.71. The molecule has 0 bridgehead atoms. The van der Waals surface area contributed by atoms with Gasteiger partial charge in [-0.25, -0.2) is 13.4 Å². The molecule has 0 saturated carbocycles. The Bertz CT molecular complexity index is 1360. The number of pyridine rings is 1. The lowest BCUT2D eigenvalue weighted by Crippen LogP contribution is -2.12. The molecule has 0 radical (unpaired) electrons. The van der Waals surface area contributed by atoms with Gasteiger partial charge >= 0.3 is 0 Å². The Morgan fingerprint density at radius 3 is 2.58 bits per heavy atom. The van der Waals surface area contributed by atoms with E-state index in [1.54, 1.807) is 36.4 Å². The quantitative estimate of drug-likeness (QED) is 0.496. The van der Waals surface area contributed by atoms with Crippen LogP contribution in [0.3, 0.4) is 0 Å². The Kier molecular flexibility index (Phi) is 5.48. The van der Waals surface area contributed by atoms with Gasteiger partial charge in [0, 0.05) is 29.9 Å². The number of hydrogen-bond acceptors (Lipinski definition) is 5. The second-order valence-electron chi connectivity index (χ2n) is 7.27. The third-order valence-electron chi connectivity index (χ3n) is 4.67. The van der Waals surface area contributed by atoms with Gasteiger partial charge in [-0.2, -0.15) is 0 Å². The molecule has 31 heavy (non-hydrogen) atoms. The summed E-state index contributed by atoms with van der Waals surface area (Å²) in [4.78, 5) is 17.1. The summed E-state index contributed by atoms with van der Waals surface area (Å²) in [5.74, 6) is 0.275. The zero-order chi connectivity index (χ0) is 22.0. The molecule has 0 aliphatic carbocycles. The van der Waals surface area contributed by atoms with Gasteiger partial charge in [-0.3, -0.25) is 4.79 Å². The van der Waals surface area contributed by atoms with Crippen molar-refractivity contribution < 1.29 is 17.9 Å². The van der Waals surface area contributed by atoms with Crippen LogP contribution in [0.5, 0.6) is 5.75 Å². The zero-order valence-corrected chi connectivity index (χ0v) is 17.9. The lowest BCUT2D eigenvalue weighted by atomic mass is 10.2. The normalized spacial score (nSPS) is 11.4. The van der Waals surface area contributed by atoms with E-state index in [4.69, 9.17) is 4.74 Å². The van der Waals surface area contributed by atoms with E-state index >= 15 is 0 Å². The van der Waals surface area contributed by atoms with Gasteiger partial charge in [0.25, 0.3) is 5.91 Å². The number of aromatic nitrogens is 2. The average Bonchev–Trinajstić information content (AvgIpc) is 3.14. The van der Waals surface area contributed by atoms with E-state index in [-0.39, 0.29) is 10.8 Å². The minimum Gasteiger partial charge on any atom is -0.487 e. The summed E-state index contributed by atoms with van der Waals surface area (Å²) in [7, 11) is -3.35. The lowest BCUT2D eigenvalue weighted by Gasteiger charge is -2.08. The first kappa shape index (κ1) is 20.6. The highest BCUT2D eigenvalue weighted by Gasteiger charge is 2.11. The van der Waals surface area contributed by atoms with Crippen molar-refractivity contribution in [3.8, 4) is 5.75 Å². The fourth-order valence-corrected chi connectivity index (χ4v) is 3.76. The number of benzene rings is 2. The molecule has 0 atom stereocenters. The number of carbonyl (C=O) groups is 1. The van der Waals surface area contributed by atoms with Crippen LogP contribution in [-0.2, 0) is 16.4 Å². The molecule has 0 saturated heterocycles. The van der Waals surface area contributed by atoms with Gasteiger partial charge in [-0.15, -0.1) is 0 Å². The van der Waals surface area contributed by atoms with Crippen LogP contribution in [0.15, 0.2) is 78.0 Å². The summed E-state index contributed by atoms with van der Waals surface area (Å²) in [5.41, 5.74) is 3.65. The molecule has 0 unspecified atom stereocenters. The van der Waals surface area contributed by atoms with E-state index < -0.39 is 9.84 Å². The molecule has 4 rings (SSSR count). The Balaban J connectivity index is 1.40. The molecule has 8 heteroatoms. The van der Waals surface area contributed by atoms with E-state index in [1.165, 1.54) is 12.1 Å². The summed E-state index contributed by atoms with van der Waals surface area (Å²) in [6.07, 6.45) is 5.06. The summed E-state index contributed by atoms with van der Waals surface area (Å²) < 4.78 is 31.1. The van der Waals surface area contributed by atoms with E-state index in [0.717, 1.165) is 23.2 Å². The molecule has 4 aromatic rings. The van der Waals surface area contributed by atoms with Crippen molar-refractivity contribution >= 4 is 27.1 Å². The first-order valence-corrected chi connectivity index (χ1v) is 11.5. The van der Waals surface area contributed by atoms with Crippen molar-refractivity contribution in [2.24, 2.45) is 0 Å². The second-order valence-corrected chi connectivity index (χ2v) is 9.29. The molecule has 0 aliphatic heterocycles. The Morgan fingerprint density at radius 1 is 1.06 bits per heavy atom. The number of amides is 1. The fourth-order valence-electron chi connectivity index (χ4n) is 3.09. The Morgan fingerprint density at radius 2 is 1.84 bits per heavy atom. The van der Waals surface area contributed by atoms with Crippen molar-refractivity contribution in [3.05, 3.63) is 89.9 Å². The molecule has 2 heterocycles. The maximum atomic E-state index is 12.5. The minimum absolute atomic E-state index is 0.149. The number of ether oxygens (including phenoxy) is 1. The van der Waals surface area contributed by atoms with Crippen LogP contribution >= 0.6 is 0 Å². The predicted octanol–water partition coefficient (Wildman–Crippen LogP) is 3.88. The number of anilines is 1. The number of carbonyl (C=O) groups excluding carboxylic acids is 1.